The lowest BCUT2D eigenvalue weighted by Crippen LogP contribution is -2.06. The predicted octanol–water partition coefficient (Wildman–Crippen LogP) is 4.67. The summed E-state index contributed by atoms with van der Waals surface area (Å²) >= 11 is 1.48. The number of hydrogen-bond donors (Lipinski definition) is 1. The number of benzene rings is 2. The van der Waals surface area contributed by atoms with Crippen LogP contribution in [0.1, 0.15) is 35.6 Å². The van der Waals surface area contributed by atoms with Gasteiger partial charge in [0.2, 0.25) is 0 Å². The molecule has 2 aromatic carbocycles. The molecule has 2 aromatic rings. The fraction of sp³-hybridized carbons (Fsp3) is 0.300. The lowest BCUT2D eigenvalue weighted by molar-refractivity contribution is 0.317. The van der Waals surface area contributed by atoms with Crippen LogP contribution in [0.4, 0.5) is 0 Å². The summed E-state index contributed by atoms with van der Waals surface area (Å²) in [7, 11) is 0. The number of aryl methyl sites for hydroxylation is 2. The van der Waals surface area contributed by atoms with Gasteiger partial charge in [-0.15, -0.1) is 5.10 Å². The number of nitrogens with zero attached hydrogens (tertiary/aromatic N) is 2. The first-order valence-corrected chi connectivity index (χ1v) is 9.36. The zero-order valence-electron chi connectivity index (χ0n) is 15.0. The Morgan fingerprint density at radius 2 is 1.84 bits per heavy atom. The van der Waals surface area contributed by atoms with E-state index in [1.807, 2.05) is 44.2 Å². The average molecular weight is 356 g/mol. The van der Waals surface area contributed by atoms with Crippen molar-refractivity contribution >= 4 is 23.1 Å². The minimum Gasteiger partial charge on any atom is -0.494 e. The topological polar surface area (TPSA) is 60.0 Å². The molecule has 0 saturated carbocycles. The van der Waals surface area contributed by atoms with Crippen molar-refractivity contribution < 1.29 is 4.74 Å². The standard InChI is InChI=1S/C20H25N3OS/c1-4-10-24-18-11-15(2)19(16(3)12-18)13-22-23-20(21)25-14-17-8-6-5-7-9-17/h5-9,11-13H,4,10,14H2,1-3H3,(H2,21,23). The smallest absolute Gasteiger partial charge is 0.180 e. The number of thioether (sulfide) groups is 1. The average Bonchev–Trinajstić information content (AvgIpc) is 2.61. The molecule has 0 spiro atoms. The maximum atomic E-state index is 5.92. The summed E-state index contributed by atoms with van der Waals surface area (Å²) in [4.78, 5) is 0. The molecule has 0 unspecified atom stereocenters. The number of hydrogen-bond acceptors (Lipinski definition) is 4. The molecular weight excluding hydrogens is 330 g/mol. The molecule has 0 amide bonds. The van der Waals surface area contributed by atoms with Gasteiger partial charge < -0.3 is 10.5 Å². The maximum Gasteiger partial charge on any atom is 0.180 e. The van der Waals surface area contributed by atoms with Crippen LogP contribution < -0.4 is 10.5 Å². The third-order valence-electron chi connectivity index (χ3n) is 3.61. The first kappa shape index (κ1) is 19.1. The molecule has 2 N–H and O–H groups in total. The van der Waals surface area contributed by atoms with Gasteiger partial charge in [0, 0.05) is 11.3 Å². The van der Waals surface area contributed by atoms with Gasteiger partial charge in [0.1, 0.15) is 5.75 Å². The second-order valence-corrected chi connectivity index (χ2v) is 6.77. The van der Waals surface area contributed by atoms with Crippen LogP contribution in [0, 0.1) is 13.8 Å². The van der Waals surface area contributed by atoms with Crippen molar-refractivity contribution in [1.82, 2.24) is 0 Å². The van der Waals surface area contributed by atoms with E-state index in [-0.39, 0.29) is 0 Å². The van der Waals surface area contributed by atoms with Gasteiger partial charge in [-0.2, -0.15) is 5.10 Å². The molecule has 0 bridgehead atoms. The molecule has 0 heterocycles. The summed E-state index contributed by atoms with van der Waals surface area (Å²) in [5.41, 5.74) is 10.4. The monoisotopic (exact) mass is 355 g/mol. The first-order valence-electron chi connectivity index (χ1n) is 8.37. The zero-order chi connectivity index (χ0) is 18.1. The van der Waals surface area contributed by atoms with Gasteiger partial charge >= 0.3 is 0 Å². The second-order valence-electron chi connectivity index (χ2n) is 5.78. The normalized spacial score (nSPS) is 11.9. The Morgan fingerprint density at radius 1 is 1.16 bits per heavy atom. The summed E-state index contributed by atoms with van der Waals surface area (Å²) in [5.74, 6) is 1.68. The van der Waals surface area contributed by atoms with Crippen LogP contribution in [0.15, 0.2) is 52.7 Å². The molecule has 2 rings (SSSR count). The lowest BCUT2D eigenvalue weighted by atomic mass is 10.0. The molecular formula is C20H25N3OS. The highest BCUT2D eigenvalue weighted by molar-refractivity contribution is 8.13. The van der Waals surface area contributed by atoms with Crippen molar-refractivity contribution in [3.63, 3.8) is 0 Å². The van der Waals surface area contributed by atoms with Crippen molar-refractivity contribution in [2.45, 2.75) is 32.9 Å². The molecule has 5 heteroatoms. The summed E-state index contributed by atoms with van der Waals surface area (Å²) in [5, 5.41) is 8.68. The van der Waals surface area contributed by atoms with E-state index in [4.69, 9.17) is 10.5 Å². The van der Waals surface area contributed by atoms with Crippen molar-refractivity contribution in [3.05, 3.63) is 64.7 Å². The lowest BCUT2D eigenvalue weighted by Gasteiger charge is -2.10. The van der Waals surface area contributed by atoms with E-state index < -0.39 is 0 Å². The Balaban J connectivity index is 1.98. The zero-order valence-corrected chi connectivity index (χ0v) is 15.8. The Labute approximate surface area is 154 Å². The molecule has 132 valence electrons. The molecule has 4 nitrogen and oxygen atoms in total. The van der Waals surface area contributed by atoms with Crippen molar-refractivity contribution in [3.8, 4) is 5.75 Å². The third kappa shape index (κ3) is 6.27. The van der Waals surface area contributed by atoms with Crippen LogP contribution in [0.5, 0.6) is 5.75 Å². The van der Waals surface area contributed by atoms with Crippen molar-refractivity contribution in [1.29, 1.82) is 0 Å². The fourth-order valence-corrected chi connectivity index (χ4v) is 2.96. The maximum absolute atomic E-state index is 5.92. The fourth-order valence-electron chi connectivity index (χ4n) is 2.35. The molecule has 0 aliphatic carbocycles. The van der Waals surface area contributed by atoms with Crippen molar-refractivity contribution in [2.24, 2.45) is 15.9 Å². The van der Waals surface area contributed by atoms with E-state index in [9.17, 15) is 0 Å². The van der Waals surface area contributed by atoms with Gasteiger partial charge in [0.25, 0.3) is 0 Å². The van der Waals surface area contributed by atoms with Gasteiger partial charge in [-0.1, -0.05) is 49.0 Å². The SMILES string of the molecule is CCCOc1cc(C)c(C=NN=C(N)SCc2ccccc2)c(C)c1. The quantitative estimate of drug-likeness (QED) is 0.446. The van der Waals surface area contributed by atoms with Gasteiger partial charge in [-0.3, -0.25) is 0 Å². The summed E-state index contributed by atoms with van der Waals surface area (Å²) < 4.78 is 5.69. The highest BCUT2D eigenvalue weighted by Gasteiger charge is 2.04. The number of rotatable bonds is 7. The van der Waals surface area contributed by atoms with Gasteiger partial charge in [-0.25, -0.2) is 0 Å². The number of nitrogens with two attached hydrogens (primary N) is 1. The minimum absolute atomic E-state index is 0.457. The Hall–Kier alpha value is -2.27. The first-order chi connectivity index (χ1) is 12.1. The van der Waals surface area contributed by atoms with Crippen LogP contribution >= 0.6 is 11.8 Å². The largest absolute Gasteiger partial charge is 0.494 e. The highest BCUT2D eigenvalue weighted by Crippen LogP contribution is 2.21. The number of ether oxygens (including phenoxy) is 1. The van der Waals surface area contributed by atoms with E-state index in [2.05, 4.69) is 29.3 Å². The Morgan fingerprint density at radius 3 is 2.48 bits per heavy atom. The van der Waals surface area contributed by atoms with E-state index in [1.54, 1.807) is 6.21 Å². The second kappa shape index (κ2) is 9.89. The van der Waals surface area contributed by atoms with E-state index in [1.165, 1.54) is 17.3 Å². The van der Waals surface area contributed by atoms with Crippen LogP contribution in [0.2, 0.25) is 0 Å². The molecule has 0 aromatic heterocycles. The molecule has 25 heavy (non-hydrogen) atoms. The van der Waals surface area contributed by atoms with E-state index >= 15 is 0 Å². The summed E-state index contributed by atoms with van der Waals surface area (Å²) in [6, 6.07) is 14.2. The molecule has 0 fully saturated rings. The molecule has 0 aliphatic rings. The predicted molar refractivity (Wildman–Crippen MR) is 109 cm³/mol. The van der Waals surface area contributed by atoms with Crippen LogP contribution in [0.25, 0.3) is 0 Å². The summed E-state index contributed by atoms with van der Waals surface area (Å²) in [6.45, 7) is 6.92. The summed E-state index contributed by atoms with van der Waals surface area (Å²) in [6.07, 6.45) is 2.75. The van der Waals surface area contributed by atoms with Crippen LogP contribution in [0.3, 0.4) is 0 Å². The van der Waals surface area contributed by atoms with Gasteiger partial charge in [0.05, 0.1) is 12.8 Å². The third-order valence-corrected chi connectivity index (χ3v) is 4.47. The molecule has 0 radical (unpaired) electrons. The van der Waals surface area contributed by atoms with Crippen LogP contribution in [-0.2, 0) is 5.75 Å². The number of amidine groups is 1. The molecule has 0 atom stereocenters. The highest BCUT2D eigenvalue weighted by atomic mass is 32.2. The van der Waals surface area contributed by atoms with Gasteiger partial charge in [-0.05, 0) is 49.1 Å². The minimum atomic E-state index is 0.457. The van der Waals surface area contributed by atoms with Gasteiger partial charge in [0.15, 0.2) is 5.17 Å². The van der Waals surface area contributed by atoms with Crippen LogP contribution in [-0.4, -0.2) is 18.0 Å². The Kier molecular flexibility index (Phi) is 7.54. The van der Waals surface area contributed by atoms with E-state index in [0.29, 0.717) is 5.17 Å². The molecule has 0 aliphatic heterocycles. The van der Waals surface area contributed by atoms with Crippen molar-refractivity contribution in [2.75, 3.05) is 6.61 Å². The molecule has 0 saturated heterocycles. The van der Waals surface area contributed by atoms with E-state index in [0.717, 1.165) is 41.2 Å². The Bertz CT molecular complexity index is 719.